The monoisotopic (exact) mass is 295 g/mol. The SMILES string of the molecule is O=C(CN1C(=O)CNC1=O)NCCc1ccc(Cl)cc1. The highest BCUT2D eigenvalue weighted by Gasteiger charge is 2.29. The van der Waals surface area contributed by atoms with Crippen LogP contribution in [0.2, 0.25) is 5.02 Å². The van der Waals surface area contributed by atoms with E-state index in [0.717, 1.165) is 10.5 Å². The van der Waals surface area contributed by atoms with Crippen molar-refractivity contribution in [3.63, 3.8) is 0 Å². The van der Waals surface area contributed by atoms with E-state index in [9.17, 15) is 14.4 Å². The lowest BCUT2D eigenvalue weighted by molar-refractivity contribution is -0.130. The van der Waals surface area contributed by atoms with Gasteiger partial charge in [0, 0.05) is 11.6 Å². The number of amides is 4. The maximum atomic E-state index is 11.6. The summed E-state index contributed by atoms with van der Waals surface area (Å²) in [7, 11) is 0. The van der Waals surface area contributed by atoms with Gasteiger partial charge in [0.15, 0.2) is 0 Å². The topological polar surface area (TPSA) is 78.5 Å². The molecule has 20 heavy (non-hydrogen) atoms. The normalized spacial score (nSPS) is 14.3. The molecule has 1 fully saturated rings. The van der Waals surface area contributed by atoms with E-state index >= 15 is 0 Å². The van der Waals surface area contributed by atoms with E-state index in [1.807, 2.05) is 12.1 Å². The minimum atomic E-state index is -0.525. The maximum Gasteiger partial charge on any atom is 0.325 e. The van der Waals surface area contributed by atoms with Gasteiger partial charge >= 0.3 is 6.03 Å². The molecule has 0 atom stereocenters. The van der Waals surface area contributed by atoms with Crippen molar-refractivity contribution >= 4 is 29.4 Å². The summed E-state index contributed by atoms with van der Waals surface area (Å²) in [6, 6.07) is 6.80. The second-order valence-corrected chi connectivity index (χ2v) is 4.80. The first-order valence-corrected chi connectivity index (χ1v) is 6.53. The summed E-state index contributed by atoms with van der Waals surface area (Å²) in [4.78, 5) is 35.1. The van der Waals surface area contributed by atoms with Crippen molar-refractivity contribution < 1.29 is 14.4 Å². The lowest BCUT2D eigenvalue weighted by Crippen LogP contribution is -2.41. The van der Waals surface area contributed by atoms with Crippen LogP contribution in [0.4, 0.5) is 4.79 Å². The van der Waals surface area contributed by atoms with Crippen LogP contribution >= 0.6 is 11.6 Å². The lowest BCUT2D eigenvalue weighted by atomic mass is 10.1. The molecule has 4 amide bonds. The highest BCUT2D eigenvalue weighted by molar-refractivity contribution is 6.30. The van der Waals surface area contributed by atoms with Gasteiger partial charge in [-0.15, -0.1) is 0 Å². The third kappa shape index (κ3) is 3.71. The quantitative estimate of drug-likeness (QED) is 0.779. The van der Waals surface area contributed by atoms with Crippen LogP contribution in [0.5, 0.6) is 0 Å². The zero-order chi connectivity index (χ0) is 14.5. The van der Waals surface area contributed by atoms with Crippen LogP contribution in [0.1, 0.15) is 5.56 Å². The molecule has 1 saturated heterocycles. The van der Waals surface area contributed by atoms with Crippen molar-refractivity contribution in [2.24, 2.45) is 0 Å². The fourth-order valence-corrected chi connectivity index (χ4v) is 1.94. The van der Waals surface area contributed by atoms with Gasteiger partial charge < -0.3 is 10.6 Å². The molecule has 2 rings (SSSR count). The molecule has 1 aromatic rings. The van der Waals surface area contributed by atoms with E-state index in [1.165, 1.54) is 0 Å². The van der Waals surface area contributed by atoms with Crippen molar-refractivity contribution in [1.29, 1.82) is 0 Å². The molecule has 6 nitrogen and oxygen atoms in total. The van der Waals surface area contributed by atoms with Crippen LogP contribution in [0.25, 0.3) is 0 Å². The Morgan fingerprint density at radius 2 is 2.00 bits per heavy atom. The molecular formula is C13H14ClN3O3. The molecule has 1 aromatic carbocycles. The highest BCUT2D eigenvalue weighted by atomic mass is 35.5. The van der Waals surface area contributed by atoms with Crippen LogP contribution in [-0.4, -0.2) is 42.4 Å². The van der Waals surface area contributed by atoms with E-state index in [4.69, 9.17) is 11.6 Å². The smallest absolute Gasteiger partial charge is 0.325 e. The highest BCUT2D eigenvalue weighted by Crippen LogP contribution is 2.09. The summed E-state index contributed by atoms with van der Waals surface area (Å²) in [5.74, 6) is -0.743. The summed E-state index contributed by atoms with van der Waals surface area (Å²) in [5, 5.41) is 5.69. The number of nitrogens with zero attached hydrogens (tertiary/aromatic N) is 1. The number of imide groups is 1. The summed E-state index contributed by atoms with van der Waals surface area (Å²) < 4.78 is 0. The summed E-state index contributed by atoms with van der Waals surface area (Å²) in [6.45, 7) is 0.145. The fraction of sp³-hybridized carbons (Fsp3) is 0.308. The number of halogens is 1. The van der Waals surface area contributed by atoms with Gasteiger partial charge in [-0.3, -0.25) is 14.5 Å². The molecule has 0 radical (unpaired) electrons. The van der Waals surface area contributed by atoms with E-state index in [1.54, 1.807) is 12.1 Å². The van der Waals surface area contributed by atoms with Crippen LogP contribution in [0, 0.1) is 0 Å². The molecule has 1 aliphatic rings. The van der Waals surface area contributed by atoms with Gasteiger partial charge in [0.1, 0.15) is 6.54 Å². The number of carbonyl (C=O) groups is 3. The molecule has 2 N–H and O–H groups in total. The van der Waals surface area contributed by atoms with Gasteiger partial charge in [-0.1, -0.05) is 23.7 Å². The van der Waals surface area contributed by atoms with Gasteiger partial charge in [0.2, 0.25) is 5.91 Å². The number of carbonyl (C=O) groups excluding carboxylic acids is 3. The van der Waals surface area contributed by atoms with Crippen molar-refractivity contribution in [3.8, 4) is 0 Å². The number of hydrogen-bond donors (Lipinski definition) is 2. The molecule has 0 unspecified atom stereocenters. The summed E-state index contributed by atoms with van der Waals surface area (Å²) >= 11 is 5.77. The minimum Gasteiger partial charge on any atom is -0.354 e. The molecular weight excluding hydrogens is 282 g/mol. The van der Waals surface area contributed by atoms with Crippen LogP contribution in [0.3, 0.4) is 0 Å². The van der Waals surface area contributed by atoms with Crippen LogP contribution in [0.15, 0.2) is 24.3 Å². The minimum absolute atomic E-state index is 0.0448. The molecule has 0 saturated carbocycles. The number of benzene rings is 1. The van der Waals surface area contributed by atoms with E-state index in [-0.39, 0.29) is 24.9 Å². The molecule has 1 heterocycles. The summed E-state index contributed by atoms with van der Waals surface area (Å²) in [5.41, 5.74) is 1.05. The standard InChI is InChI=1S/C13H14ClN3O3/c14-10-3-1-9(2-4-10)5-6-15-11(18)8-17-12(19)7-16-13(17)20/h1-4H,5-8H2,(H,15,18)(H,16,20). The Bertz CT molecular complexity index is 514. The molecule has 0 bridgehead atoms. The molecule has 0 aromatic heterocycles. The predicted octanol–water partition coefficient (Wildman–Crippen LogP) is 0.550. The average Bonchev–Trinajstić information content (AvgIpc) is 2.73. The second kappa shape index (κ2) is 6.38. The first-order chi connectivity index (χ1) is 9.56. The Balaban J connectivity index is 1.74. The van der Waals surface area contributed by atoms with Crippen LogP contribution < -0.4 is 10.6 Å². The number of urea groups is 1. The Hall–Kier alpha value is -2.08. The molecule has 0 aliphatic carbocycles. The third-order valence-corrected chi connectivity index (χ3v) is 3.14. The largest absolute Gasteiger partial charge is 0.354 e. The van der Waals surface area contributed by atoms with E-state index < -0.39 is 6.03 Å². The van der Waals surface area contributed by atoms with Crippen molar-refractivity contribution in [2.75, 3.05) is 19.6 Å². The molecule has 7 heteroatoms. The molecule has 1 aliphatic heterocycles. The van der Waals surface area contributed by atoms with E-state index in [2.05, 4.69) is 10.6 Å². The zero-order valence-corrected chi connectivity index (χ0v) is 11.4. The summed E-state index contributed by atoms with van der Waals surface area (Å²) in [6.07, 6.45) is 0.656. The number of rotatable bonds is 5. The number of hydrogen-bond acceptors (Lipinski definition) is 3. The van der Waals surface area contributed by atoms with Crippen molar-refractivity contribution in [3.05, 3.63) is 34.9 Å². The third-order valence-electron chi connectivity index (χ3n) is 2.89. The van der Waals surface area contributed by atoms with Crippen molar-refractivity contribution in [2.45, 2.75) is 6.42 Å². The Morgan fingerprint density at radius 3 is 2.60 bits per heavy atom. The molecule has 0 spiro atoms. The first kappa shape index (κ1) is 14.3. The van der Waals surface area contributed by atoms with Gasteiger partial charge in [-0.2, -0.15) is 0 Å². The lowest BCUT2D eigenvalue weighted by Gasteiger charge is -2.12. The fourth-order valence-electron chi connectivity index (χ4n) is 1.81. The van der Waals surface area contributed by atoms with Crippen LogP contribution in [-0.2, 0) is 16.0 Å². The van der Waals surface area contributed by atoms with Crippen molar-refractivity contribution in [1.82, 2.24) is 15.5 Å². The predicted molar refractivity (Wildman–Crippen MR) is 73.3 cm³/mol. The Labute approximate surface area is 121 Å². The van der Waals surface area contributed by atoms with Gasteiger partial charge in [-0.25, -0.2) is 4.79 Å². The number of nitrogens with one attached hydrogen (secondary N) is 2. The van der Waals surface area contributed by atoms with E-state index in [0.29, 0.717) is 18.0 Å². The van der Waals surface area contributed by atoms with Gasteiger partial charge in [0.05, 0.1) is 6.54 Å². The molecule has 106 valence electrons. The zero-order valence-electron chi connectivity index (χ0n) is 10.7. The Kier molecular flexibility index (Phi) is 4.57. The Morgan fingerprint density at radius 1 is 1.30 bits per heavy atom. The van der Waals surface area contributed by atoms with Gasteiger partial charge in [0.25, 0.3) is 5.91 Å². The average molecular weight is 296 g/mol. The first-order valence-electron chi connectivity index (χ1n) is 6.15. The maximum absolute atomic E-state index is 11.6. The second-order valence-electron chi connectivity index (χ2n) is 4.37. The van der Waals surface area contributed by atoms with Gasteiger partial charge in [-0.05, 0) is 24.1 Å².